The lowest BCUT2D eigenvalue weighted by molar-refractivity contribution is -0.130. The summed E-state index contributed by atoms with van der Waals surface area (Å²) in [4.78, 5) is 15.5. The van der Waals surface area contributed by atoms with E-state index in [1.165, 1.54) is 64.3 Å². The van der Waals surface area contributed by atoms with E-state index in [1.54, 1.807) is 0 Å². The zero-order valence-corrected chi connectivity index (χ0v) is 17.7. The minimum Gasteiger partial charge on any atom is -0.381 e. The summed E-state index contributed by atoms with van der Waals surface area (Å²) in [6, 6.07) is 0.417. The van der Waals surface area contributed by atoms with Gasteiger partial charge >= 0.3 is 0 Å². The van der Waals surface area contributed by atoms with Crippen molar-refractivity contribution in [2.24, 2.45) is 29.1 Å². The van der Waals surface area contributed by atoms with Crippen molar-refractivity contribution in [2.75, 3.05) is 32.8 Å². The number of carbonyl (C=O) groups is 1. The van der Waals surface area contributed by atoms with Crippen LogP contribution in [0.4, 0.5) is 0 Å². The third-order valence-corrected chi connectivity index (χ3v) is 8.85. The number of ether oxygens (including phenoxy) is 1. The molecule has 2 aliphatic heterocycles. The fourth-order valence-electron chi connectivity index (χ4n) is 7.83. The molecule has 4 aliphatic carbocycles. The summed E-state index contributed by atoms with van der Waals surface area (Å²) in [5.41, 5.74) is 0.378. The van der Waals surface area contributed by atoms with Gasteiger partial charge in [0.25, 0.3) is 0 Å². The van der Waals surface area contributed by atoms with E-state index in [0.29, 0.717) is 17.4 Å². The smallest absolute Gasteiger partial charge is 0.220 e. The maximum Gasteiger partial charge on any atom is 0.220 e. The van der Waals surface area contributed by atoms with Gasteiger partial charge in [-0.1, -0.05) is 0 Å². The molecule has 6 aliphatic rings. The minimum atomic E-state index is 0.364. The van der Waals surface area contributed by atoms with Gasteiger partial charge in [0, 0.05) is 38.8 Å². The number of nitrogens with one attached hydrogen (secondary N) is 1. The molecular weight excluding hydrogens is 348 g/mol. The van der Waals surface area contributed by atoms with Gasteiger partial charge in [0.15, 0.2) is 0 Å². The maximum absolute atomic E-state index is 12.9. The van der Waals surface area contributed by atoms with Crippen molar-refractivity contribution in [3.63, 3.8) is 0 Å². The Kier molecular flexibility index (Phi) is 5.71. The van der Waals surface area contributed by atoms with Crippen LogP contribution in [0.15, 0.2) is 0 Å². The number of amides is 1. The first-order valence-electron chi connectivity index (χ1n) is 12.3. The molecule has 28 heavy (non-hydrogen) atoms. The molecule has 4 bridgehead atoms. The Balaban J connectivity index is 1.03. The van der Waals surface area contributed by atoms with Crippen molar-refractivity contribution in [1.29, 1.82) is 0 Å². The Labute approximate surface area is 171 Å². The van der Waals surface area contributed by atoms with Gasteiger partial charge in [-0.15, -0.1) is 0 Å². The van der Waals surface area contributed by atoms with Crippen LogP contribution in [0.1, 0.15) is 77.0 Å². The standard InChI is InChI=1S/C24H40N2O2/c27-23(17-24-14-19-11-20(15-24)13-21(12-19)16-24)25-22-2-7-26(8-3-22)6-1-18-4-9-28-10-5-18/h18-22H,1-17H2,(H,25,27). The average Bonchev–Trinajstić information content (AvgIpc) is 2.67. The van der Waals surface area contributed by atoms with Crippen molar-refractivity contribution in [2.45, 2.75) is 83.1 Å². The molecule has 4 heteroatoms. The number of rotatable bonds is 6. The Morgan fingerprint density at radius 3 is 2.14 bits per heavy atom. The van der Waals surface area contributed by atoms with Crippen LogP contribution in [0.5, 0.6) is 0 Å². The Bertz CT molecular complexity index is 514. The summed E-state index contributed by atoms with van der Waals surface area (Å²) >= 11 is 0. The quantitative estimate of drug-likeness (QED) is 0.748. The maximum atomic E-state index is 12.9. The highest BCUT2D eigenvalue weighted by molar-refractivity contribution is 5.77. The highest BCUT2D eigenvalue weighted by Crippen LogP contribution is 2.61. The summed E-state index contributed by atoms with van der Waals surface area (Å²) in [6.07, 6.45) is 15.3. The fourth-order valence-corrected chi connectivity index (χ4v) is 7.83. The van der Waals surface area contributed by atoms with E-state index < -0.39 is 0 Å². The number of hydrogen-bond acceptors (Lipinski definition) is 3. The number of nitrogens with zero attached hydrogens (tertiary/aromatic N) is 1. The third-order valence-electron chi connectivity index (χ3n) is 8.85. The molecule has 0 spiro atoms. The highest BCUT2D eigenvalue weighted by atomic mass is 16.5. The molecule has 1 N–H and O–H groups in total. The normalized spacial score (nSPS) is 39.4. The van der Waals surface area contributed by atoms with E-state index in [-0.39, 0.29) is 0 Å². The van der Waals surface area contributed by atoms with Crippen LogP contribution in [-0.4, -0.2) is 49.7 Å². The molecule has 2 heterocycles. The van der Waals surface area contributed by atoms with Crippen molar-refractivity contribution >= 4 is 5.91 Å². The van der Waals surface area contributed by atoms with Gasteiger partial charge < -0.3 is 15.0 Å². The summed E-state index contributed by atoms with van der Waals surface area (Å²) in [7, 11) is 0. The zero-order chi connectivity index (χ0) is 19.0. The molecule has 0 aromatic rings. The molecule has 0 aromatic carbocycles. The molecule has 1 amide bonds. The lowest BCUT2D eigenvalue weighted by Gasteiger charge is -2.56. The second kappa shape index (κ2) is 8.26. The average molecular weight is 389 g/mol. The molecule has 0 aromatic heterocycles. The van der Waals surface area contributed by atoms with Crippen LogP contribution in [0.25, 0.3) is 0 Å². The Morgan fingerprint density at radius 2 is 1.54 bits per heavy atom. The summed E-state index contributed by atoms with van der Waals surface area (Å²) < 4.78 is 5.48. The van der Waals surface area contributed by atoms with Crippen LogP contribution < -0.4 is 5.32 Å². The monoisotopic (exact) mass is 388 g/mol. The van der Waals surface area contributed by atoms with Gasteiger partial charge in [0.1, 0.15) is 0 Å². The number of carbonyl (C=O) groups excluding carboxylic acids is 1. The molecule has 0 unspecified atom stereocenters. The lowest BCUT2D eigenvalue weighted by atomic mass is 9.49. The lowest BCUT2D eigenvalue weighted by Crippen LogP contribution is -2.50. The van der Waals surface area contributed by atoms with Gasteiger partial charge in [0.05, 0.1) is 0 Å². The Hall–Kier alpha value is -0.610. The van der Waals surface area contributed by atoms with E-state index >= 15 is 0 Å². The van der Waals surface area contributed by atoms with Crippen molar-refractivity contribution in [3.05, 3.63) is 0 Å². The van der Waals surface area contributed by atoms with E-state index in [2.05, 4.69) is 10.2 Å². The molecule has 158 valence electrons. The summed E-state index contributed by atoms with van der Waals surface area (Å²) in [6.45, 7) is 5.47. The highest BCUT2D eigenvalue weighted by Gasteiger charge is 2.51. The molecule has 6 rings (SSSR count). The molecule has 4 nitrogen and oxygen atoms in total. The summed E-state index contributed by atoms with van der Waals surface area (Å²) in [5.74, 6) is 4.06. The van der Waals surface area contributed by atoms with Gasteiger partial charge in [-0.25, -0.2) is 0 Å². The second-order valence-electron chi connectivity index (χ2n) is 11.1. The van der Waals surface area contributed by atoms with Gasteiger partial charge in [-0.2, -0.15) is 0 Å². The predicted octanol–water partition coefficient (Wildman–Crippen LogP) is 3.99. The summed E-state index contributed by atoms with van der Waals surface area (Å²) in [5, 5.41) is 3.44. The molecule has 0 atom stereocenters. The first kappa shape index (κ1) is 19.4. The van der Waals surface area contributed by atoms with Crippen LogP contribution in [0.3, 0.4) is 0 Å². The second-order valence-corrected chi connectivity index (χ2v) is 11.1. The topological polar surface area (TPSA) is 41.6 Å². The number of likely N-dealkylation sites (tertiary alicyclic amines) is 1. The van der Waals surface area contributed by atoms with Crippen molar-refractivity contribution in [3.8, 4) is 0 Å². The van der Waals surface area contributed by atoms with Crippen LogP contribution in [0.2, 0.25) is 0 Å². The largest absolute Gasteiger partial charge is 0.381 e. The molecule has 4 saturated carbocycles. The zero-order valence-electron chi connectivity index (χ0n) is 17.7. The fraction of sp³-hybridized carbons (Fsp3) is 0.958. The number of hydrogen-bond donors (Lipinski definition) is 1. The van der Waals surface area contributed by atoms with Gasteiger partial charge in [-0.05, 0) is 106 Å². The van der Waals surface area contributed by atoms with Gasteiger partial charge in [0.2, 0.25) is 5.91 Å². The van der Waals surface area contributed by atoms with Crippen molar-refractivity contribution < 1.29 is 9.53 Å². The molecule has 0 radical (unpaired) electrons. The van der Waals surface area contributed by atoms with E-state index in [1.807, 2.05) is 0 Å². The van der Waals surface area contributed by atoms with E-state index in [9.17, 15) is 4.79 Å². The number of piperidine rings is 1. The first-order chi connectivity index (χ1) is 13.7. The van der Waals surface area contributed by atoms with Crippen LogP contribution in [-0.2, 0) is 9.53 Å². The molecule has 6 fully saturated rings. The first-order valence-corrected chi connectivity index (χ1v) is 12.3. The van der Waals surface area contributed by atoms with Crippen LogP contribution >= 0.6 is 0 Å². The molecular formula is C24H40N2O2. The Morgan fingerprint density at radius 1 is 0.929 bits per heavy atom. The van der Waals surface area contributed by atoms with Crippen molar-refractivity contribution in [1.82, 2.24) is 10.2 Å². The third kappa shape index (κ3) is 4.43. The minimum absolute atomic E-state index is 0.364. The van der Waals surface area contributed by atoms with Crippen LogP contribution in [0, 0.1) is 29.1 Å². The van der Waals surface area contributed by atoms with E-state index in [4.69, 9.17) is 4.74 Å². The molecule has 2 saturated heterocycles. The SMILES string of the molecule is O=C(CC12CC3CC(CC(C3)C1)C2)NC1CCN(CCC2CCOCC2)CC1. The predicted molar refractivity (Wildman–Crippen MR) is 111 cm³/mol. The van der Waals surface area contributed by atoms with Gasteiger partial charge in [-0.3, -0.25) is 4.79 Å². The van der Waals surface area contributed by atoms with E-state index in [0.717, 1.165) is 69.2 Å².